The van der Waals surface area contributed by atoms with Crippen molar-refractivity contribution in [3.05, 3.63) is 36.4 Å². The maximum atomic E-state index is 13.2. The summed E-state index contributed by atoms with van der Waals surface area (Å²) in [5.74, 6) is 0. The molecule has 156 valence electrons. The minimum absolute atomic E-state index is 0.190. The second kappa shape index (κ2) is 7.98. The molecule has 0 bridgehead atoms. The van der Waals surface area contributed by atoms with Crippen LogP contribution in [0, 0.1) is 6.92 Å². The summed E-state index contributed by atoms with van der Waals surface area (Å²) in [7, 11) is 0.420. The number of ether oxygens (including phenoxy) is 1. The summed E-state index contributed by atoms with van der Waals surface area (Å²) in [6.07, 6.45) is -7.86. The molecule has 0 aliphatic carbocycles. The molecule has 0 fully saturated rings. The van der Waals surface area contributed by atoms with E-state index in [1.165, 1.54) is 15.8 Å². The van der Waals surface area contributed by atoms with E-state index in [0.717, 1.165) is 0 Å². The van der Waals surface area contributed by atoms with E-state index in [9.17, 15) is 26.3 Å². The van der Waals surface area contributed by atoms with Crippen LogP contribution in [0.2, 0.25) is 0 Å². The van der Waals surface area contributed by atoms with Crippen molar-refractivity contribution >= 4 is 5.69 Å². The molecule has 0 aromatic carbocycles. The highest BCUT2D eigenvalue weighted by atomic mass is 19.4. The van der Waals surface area contributed by atoms with E-state index in [1.54, 1.807) is 38.4 Å². The molecule has 0 saturated carbocycles. The van der Waals surface area contributed by atoms with Gasteiger partial charge in [-0.25, -0.2) is 4.68 Å². The molecule has 2 aromatic heterocycles. The number of hydrogen-bond acceptors (Lipinski definition) is 4. The third kappa shape index (κ3) is 4.08. The van der Waals surface area contributed by atoms with Gasteiger partial charge in [0.1, 0.15) is 0 Å². The normalized spacial score (nSPS) is 13.0. The standard InChI is InChI=1S/C17H20F6N4O/c1-4-26(9-7-15(28-3,16(18,19)20)17(21,22)23)14-11-27(25-12(14)2)13-6-5-8-24-10-13/h5-6,8,10-11H,4,7,9H2,1-3H3. The Labute approximate surface area is 157 Å². The Morgan fingerprint density at radius 3 is 2.25 bits per heavy atom. The van der Waals surface area contributed by atoms with E-state index in [4.69, 9.17) is 0 Å². The topological polar surface area (TPSA) is 43.2 Å². The third-order valence-electron chi connectivity index (χ3n) is 4.50. The first-order valence-corrected chi connectivity index (χ1v) is 8.37. The SMILES string of the molecule is CCN(CCC(OC)(C(F)(F)F)C(F)(F)F)c1cn(-c2cccnc2)nc1C. The Bertz CT molecular complexity index is 758. The molecule has 11 heteroatoms. The predicted octanol–water partition coefficient (Wildman–Crippen LogP) is 4.30. The lowest BCUT2D eigenvalue weighted by Crippen LogP contribution is -2.59. The number of pyridine rings is 1. The van der Waals surface area contributed by atoms with Gasteiger partial charge in [0.05, 0.1) is 29.5 Å². The lowest BCUT2D eigenvalue weighted by Gasteiger charge is -2.37. The average Bonchev–Trinajstić information content (AvgIpc) is 2.99. The zero-order chi connectivity index (χ0) is 21.2. The minimum atomic E-state index is -5.60. The second-order valence-electron chi connectivity index (χ2n) is 6.11. The molecular weight excluding hydrogens is 390 g/mol. The summed E-state index contributed by atoms with van der Waals surface area (Å²) >= 11 is 0. The van der Waals surface area contributed by atoms with Crippen LogP contribution in [0.15, 0.2) is 30.7 Å². The molecule has 0 N–H and O–H groups in total. The predicted molar refractivity (Wildman–Crippen MR) is 90.5 cm³/mol. The van der Waals surface area contributed by atoms with Crippen molar-refractivity contribution in [3.63, 3.8) is 0 Å². The van der Waals surface area contributed by atoms with Gasteiger partial charge in [0.15, 0.2) is 0 Å². The smallest absolute Gasteiger partial charge is 0.369 e. The van der Waals surface area contributed by atoms with Gasteiger partial charge < -0.3 is 9.64 Å². The van der Waals surface area contributed by atoms with Crippen LogP contribution in [-0.2, 0) is 4.74 Å². The largest absolute Gasteiger partial charge is 0.426 e. The number of aromatic nitrogens is 3. The molecule has 5 nitrogen and oxygen atoms in total. The molecule has 0 radical (unpaired) electrons. The summed E-state index contributed by atoms with van der Waals surface area (Å²) in [5.41, 5.74) is -2.72. The van der Waals surface area contributed by atoms with E-state index in [2.05, 4.69) is 14.8 Å². The molecule has 0 saturated heterocycles. The second-order valence-corrected chi connectivity index (χ2v) is 6.11. The van der Waals surface area contributed by atoms with Crippen molar-refractivity contribution in [2.75, 3.05) is 25.1 Å². The van der Waals surface area contributed by atoms with Gasteiger partial charge in [-0.2, -0.15) is 31.4 Å². The molecule has 0 atom stereocenters. The Hall–Kier alpha value is -2.30. The highest BCUT2D eigenvalue weighted by Crippen LogP contribution is 2.48. The fraction of sp³-hybridized carbons (Fsp3) is 0.529. The summed E-state index contributed by atoms with van der Waals surface area (Å²) in [5, 5.41) is 4.27. The van der Waals surface area contributed by atoms with Crippen molar-refractivity contribution < 1.29 is 31.1 Å². The van der Waals surface area contributed by atoms with Crippen LogP contribution in [0.5, 0.6) is 0 Å². The zero-order valence-corrected chi connectivity index (χ0v) is 15.5. The summed E-state index contributed by atoms with van der Waals surface area (Å²) < 4.78 is 84.9. The van der Waals surface area contributed by atoms with Crippen LogP contribution in [0.1, 0.15) is 19.0 Å². The number of alkyl halides is 6. The Morgan fingerprint density at radius 1 is 1.14 bits per heavy atom. The Morgan fingerprint density at radius 2 is 1.79 bits per heavy atom. The van der Waals surface area contributed by atoms with Gasteiger partial charge in [0.2, 0.25) is 0 Å². The van der Waals surface area contributed by atoms with Gasteiger partial charge in [0.25, 0.3) is 5.60 Å². The summed E-state index contributed by atoms with van der Waals surface area (Å²) in [6, 6.07) is 3.41. The van der Waals surface area contributed by atoms with E-state index in [1.807, 2.05) is 0 Å². The number of hydrogen-bond donors (Lipinski definition) is 0. The minimum Gasteiger partial charge on any atom is -0.369 e. The first-order chi connectivity index (χ1) is 13.0. The summed E-state index contributed by atoms with van der Waals surface area (Å²) in [6.45, 7) is 2.93. The summed E-state index contributed by atoms with van der Waals surface area (Å²) in [4.78, 5) is 5.36. The molecule has 2 rings (SSSR count). The van der Waals surface area contributed by atoms with Gasteiger partial charge in [-0.05, 0) is 26.0 Å². The quantitative estimate of drug-likeness (QED) is 0.639. The van der Waals surface area contributed by atoms with Gasteiger partial charge in [-0.15, -0.1) is 0 Å². The van der Waals surface area contributed by atoms with E-state index in [0.29, 0.717) is 24.2 Å². The number of rotatable bonds is 7. The van der Waals surface area contributed by atoms with Gasteiger partial charge in [-0.3, -0.25) is 4.98 Å². The maximum absolute atomic E-state index is 13.2. The van der Waals surface area contributed by atoms with Gasteiger partial charge in [-0.1, -0.05) is 0 Å². The molecule has 2 aromatic rings. The fourth-order valence-corrected chi connectivity index (χ4v) is 2.90. The van der Waals surface area contributed by atoms with Crippen LogP contribution in [-0.4, -0.2) is 52.9 Å². The van der Waals surface area contributed by atoms with Crippen molar-refractivity contribution in [2.24, 2.45) is 0 Å². The lowest BCUT2D eigenvalue weighted by atomic mass is 9.97. The molecule has 0 aliphatic heterocycles. The molecule has 28 heavy (non-hydrogen) atoms. The van der Waals surface area contributed by atoms with Crippen LogP contribution in [0.4, 0.5) is 32.0 Å². The maximum Gasteiger partial charge on any atom is 0.426 e. The molecule has 2 heterocycles. The highest BCUT2D eigenvalue weighted by molar-refractivity contribution is 5.50. The molecular formula is C17H20F6N4O. The van der Waals surface area contributed by atoms with Crippen LogP contribution in [0.25, 0.3) is 5.69 Å². The van der Waals surface area contributed by atoms with E-state index >= 15 is 0 Å². The number of aryl methyl sites for hydroxylation is 1. The van der Waals surface area contributed by atoms with Gasteiger partial charge in [0, 0.05) is 32.8 Å². The molecule has 0 spiro atoms. The van der Waals surface area contributed by atoms with Crippen molar-refractivity contribution in [1.82, 2.24) is 14.8 Å². The highest BCUT2D eigenvalue weighted by Gasteiger charge is 2.71. The van der Waals surface area contributed by atoms with Crippen molar-refractivity contribution in [1.29, 1.82) is 0 Å². The molecule has 0 amide bonds. The first-order valence-electron chi connectivity index (χ1n) is 8.37. The number of halogens is 6. The molecule has 0 unspecified atom stereocenters. The number of anilines is 1. The first kappa shape index (κ1) is 22.0. The lowest BCUT2D eigenvalue weighted by molar-refractivity contribution is -0.376. The fourth-order valence-electron chi connectivity index (χ4n) is 2.90. The van der Waals surface area contributed by atoms with Crippen LogP contribution in [0.3, 0.4) is 0 Å². The monoisotopic (exact) mass is 410 g/mol. The van der Waals surface area contributed by atoms with Crippen molar-refractivity contribution in [2.45, 2.75) is 38.2 Å². The number of methoxy groups -OCH3 is 1. The third-order valence-corrected chi connectivity index (χ3v) is 4.50. The van der Waals surface area contributed by atoms with E-state index in [-0.39, 0.29) is 6.54 Å². The average molecular weight is 410 g/mol. The van der Waals surface area contributed by atoms with Crippen LogP contribution < -0.4 is 4.90 Å². The van der Waals surface area contributed by atoms with Crippen molar-refractivity contribution in [3.8, 4) is 5.69 Å². The Kier molecular flexibility index (Phi) is 6.27. The number of nitrogens with zero attached hydrogens (tertiary/aromatic N) is 4. The van der Waals surface area contributed by atoms with Gasteiger partial charge >= 0.3 is 12.4 Å². The van der Waals surface area contributed by atoms with E-state index < -0.39 is 30.9 Å². The molecule has 0 aliphatic rings. The van der Waals surface area contributed by atoms with Crippen LogP contribution >= 0.6 is 0 Å². The zero-order valence-electron chi connectivity index (χ0n) is 15.5. The Balaban J connectivity index is 2.30.